The quantitative estimate of drug-likeness (QED) is 0.594. The number of benzene rings is 2. The minimum atomic E-state index is -0.553. The Bertz CT molecular complexity index is 842. The molecule has 5 heteroatoms. The number of rotatable bonds is 10. The maximum atomic E-state index is 13.2. The lowest BCUT2D eigenvalue weighted by atomic mass is 10.0. The number of carbonyl (C=O) groups is 2. The van der Waals surface area contributed by atoms with Crippen LogP contribution in [0.25, 0.3) is 0 Å². The highest BCUT2D eigenvalue weighted by Gasteiger charge is 2.29. The van der Waals surface area contributed by atoms with E-state index in [1.54, 1.807) is 4.90 Å². The average Bonchev–Trinajstić information content (AvgIpc) is 2.73. The molecule has 0 fully saturated rings. The molecule has 0 saturated carbocycles. The van der Waals surface area contributed by atoms with Crippen molar-refractivity contribution in [1.82, 2.24) is 10.2 Å². The van der Waals surface area contributed by atoms with Crippen LogP contribution in [0.2, 0.25) is 0 Å². The molecule has 0 aliphatic heterocycles. The first-order valence-corrected chi connectivity index (χ1v) is 11.1. The predicted octanol–water partition coefficient (Wildman–Crippen LogP) is 4.83. The second-order valence-corrected chi connectivity index (χ2v) is 8.61. The second kappa shape index (κ2) is 11.5. The van der Waals surface area contributed by atoms with Gasteiger partial charge in [-0.05, 0) is 56.4 Å². The number of hydrogen-bond donors (Lipinski definition) is 1. The topological polar surface area (TPSA) is 58.6 Å². The molecule has 2 amide bonds. The van der Waals surface area contributed by atoms with Gasteiger partial charge in [-0.25, -0.2) is 0 Å². The van der Waals surface area contributed by atoms with E-state index < -0.39 is 6.04 Å². The van der Waals surface area contributed by atoms with E-state index >= 15 is 0 Å². The predicted molar refractivity (Wildman–Crippen MR) is 125 cm³/mol. The molecule has 2 rings (SSSR count). The van der Waals surface area contributed by atoms with Crippen molar-refractivity contribution in [3.63, 3.8) is 0 Å². The third-order valence-electron chi connectivity index (χ3n) is 5.20. The minimum absolute atomic E-state index is 0.00796. The van der Waals surface area contributed by atoms with Gasteiger partial charge >= 0.3 is 0 Å². The molecule has 31 heavy (non-hydrogen) atoms. The molecule has 2 aromatic carbocycles. The number of ether oxygens (including phenoxy) is 1. The molecule has 5 nitrogen and oxygen atoms in total. The molecule has 0 radical (unpaired) electrons. The fraction of sp³-hybridized carbons (Fsp3) is 0.462. The Kier molecular flexibility index (Phi) is 9.10. The van der Waals surface area contributed by atoms with Crippen molar-refractivity contribution in [2.24, 2.45) is 0 Å². The van der Waals surface area contributed by atoms with E-state index in [9.17, 15) is 9.59 Å². The lowest BCUT2D eigenvalue weighted by Gasteiger charge is -2.31. The van der Waals surface area contributed by atoms with Gasteiger partial charge in [0.15, 0.2) is 6.61 Å². The van der Waals surface area contributed by atoms with E-state index in [-0.39, 0.29) is 24.5 Å². The van der Waals surface area contributed by atoms with Crippen LogP contribution in [0.5, 0.6) is 5.75 Å². The molecule has 0 aromatic heterocycles. The van der Waals surface area contributed by atoms with Gasteiger partial charge in [-0.3, -0.25) is 9.59 Å². The molecular formula is C26H36N2O3. The van der Waals surface area contributed by atoms with Crippen LogP contribution < -0.4 is 10.1 Å². The van der Waals surface area contributed by atoms with Gasteiger partial charge in [-0.1, -0.05) is 62.7 Å². The maximum absolute atomic E-state index is 13.2. The van der Waals surface area contributed by atoms with Crippen LogP contribution in [-0.4, -0.2) is 35.4 Å². The van der Waals surface area contributed by atoms with Crippen molar-refractivity contribution in [2.75, 3.05) is 6.61 Å². The summed E-state index contributed by atoms with van der Waals surface area (Å²) in [4.78, 5) is 27.6. The summed E-state index contributed by atoms with van der Waals surface area (Å²) >= 11 is 0. The second-order valence-electron chi connectivity index (χ2n) is 8.61. The number of nitrogens with one attached hydrogen (secondary N) is 1. The monoisotopic (exact) mass is 424 g/mol. The molecule has 0 aliphatic carbocycles. The fourth-order valence-electron chi connectivity index (χ4n) is 3.37. The Labute approximate surface area is 186 Å². The van der Waals surface area contributed by atoms with E-state index in [1.807, 2.05) is 76.2 Å². The van der Waals surface area contributed by atoms with E-state index in [0.717, 1.165) is 11.1 Å². The van der Waals surface area contributed by atoms with E-state index in [1.165, 1.54) is 5.56 Å². The van der Waals surface area contributed by atoms with Crippen molar-refractivity contribution in [3.8, 4) is 5.75 Å². The summed E-state index contributed by atoms with van der Waals surface area (Å²) in [6.07, 6.45) is 0.527. The average molecular weight is 425 g/mol. The highest BCUT2D eigenvalue weighted by atomic mass is 16.5. The van der Waals surface area contributed by atoms with Gasteiger partial charge in [-0.15, -0.1) is 0 Å². The van der Waals surface area contributed by atoms with Gasteiger partial charge in [0.2, 0.25) is 5.91 Å². The molecule has 2 aromatic rings. The summed E-state index contributed by atoms with van der Waals surface area (Å²) in [6, 6.07) is 15.3. The lowest BCUT2D eigenvalue weighted by Crippen LogP contribution is -2.51. The van der Waals surface area contributed by atoms with Crippen molar-refractivity contribution in [2.45, 2.75) is 72.5 Å². The molecule has 1 atom stereocenters. The Morgan fingerprint density at radius 3 is 2.10 bits per heavy atom. The Balaban J connectivity index is 2.17. The molecular weight excluding hydrogens is 388 g/mol. The standard InChI is InChI=1S/C26H36N2O3/c1-7-24(26(30)27-19(4)5)28(16-21-10-8-20(6)9-11-21)25(29)17-31-23-14-12-22(13-15-23)18(2)3/h8-15,18-19,24H,7,16-17H2,1-6H3,(H,27,30)/t24-/m1/s1. The molecule has 0 saturated heterocycles. The van der Waals surface area contributed by atoms with Gasteiger partial charge in [-0.2, -0.15) is 0 Å². The summed E-state index contributed by atoms with van der Waals surface area (Å²) in [5.74, 6) is 0.733. The van der Waals surface area contributed by atoms with Crippen molar-refractivity contribution >= 4 is 11.8 Å². The summed E-state index contributed by atoms with van der Waals surface area (Å²) in [5, 5.41) is 2.94. The smallest absolute Gasteiger partial charge is 0.261 e. The van der Waals surface area contributed by atoms with Crippen LogP contribution in [0.1, 0.15) is 63.6 Å². The number of amides is 2. The van der Waals surface area contributed by atoms with Gasteiger partial charge in [0.25, 0.3) is 5.91 Å². The number of aryl methyl sites for hydroxylation is 1. The normalized spacial score (nSPS) is 12.0. The highest BCUT2D eigenvalue weighted by Crippen LogP contribution is 2.19. The van der Waals surface area contributed by atoms with Crippen molar-refractivity contribution in [3.05, 3.63) is 65.2 Å². The van der Waals surface area contributed by atoms with Crippen LogP contribution in [0.15, 0.2) is 48.5 Å². The molecule has 0 spiro atoms. The molecule has 0 heterocycles. The first-order chi connectivity index (χ1) is 14.7. The Morgan fingerprint density at radius 1 is 0.968 bits per heavy atom. The van der Waals surface area contributed by atoms with Crippen LogP contribution in [0, 0.1) is 6.92 Å². The third kappa shape index (κ3) is 7.42. The fourth-order valence-corrected chi connectivity index (χ4v) is 3.37. The van der Waals surface area contributed by atoms with Gasteiger partial charge in [0, 0.05) is 12.6 Å². The summed E-state index contributed by atoms with van der Waals surface area (Å²) in [7, 11) is 0. The van der Waals surface area contributed by atoms with Crippen LogP contribution in [0.3, 0.4) is 0 Å². The van der Waals surface area contributed by atoms with Crippen LogP contribution in [0.4, 0.5) is 0 Å². The number of nitrogens with zero attached hydrogens (tertiary/aromatic N) is 1. The number of hydrogen-bond acceptors (Lipinski definition) is 3. The van der Waals surface area contributed by atoms with Crippen molar-refractivity contribution in [1.29, 1.82) is 0 Å². The molecule has 0 unspecified atom stereocenters. The zero-order valence-electron chi connectivity index (χ0n) is 19.6. The highest BCUT2D eigenvalue weighted by molar-refractivity contribution is 5.88. The van der Waals surface area contributed by atoms with Gasteiger partial charge in [0.05, 0.1) is 0 Å². The van der Waals surface area contributed by atoms with E-state index in [0.29, 0.717) is 24.6 Å². The molecule has 168 valence electrons. The van der Waals surface area contributed by atoms with Crippen LogP contribution >= 0.6 is 0 Å². The third-order valence-corrected chi connectivity index (χ3v) is 5.20. The molecule has 1 N–H and O–H groups in total. The first kappa shape index (κ1) is 24.4. The van der Waals surface area contributed by atoms with E-state index in [4.69, 9.17) is 4.74 Å². The van der Waals surface area contributed by atoms with Crippen LogP contribution in [-0.2, 0) is 16.1 Å². The Morgan fingerprint density at radius 2 is 1.58 bits per heavy atom. The zero-order valence-corrected chi connectivity index (χ0v) is 19.6. The largest absolute Gasteiger partial charge is 0.484 e. The van der Waals surface area contributed by atoms with Gasteiger partial charge < -0.3 is 15.0 Å². The summed E-state index contributed by atoms with van der Waals surface area (Å²) in [6.45, 7) is 12.3. The molecule has 0 aliphatic rings. The minimum Gasteiger partial charge on any atom is -0.484 e. The van der Waals surface area contributed by atoms with Gasteiger partial charge in [0.1, 0.15) is 11.8 Å². The Hall–Kier alpha value is -2.82. The summed E-state index contributed by atoms with van der Waals surface area (Å²) in [5.41, 5.74) is 3.35. The maximum Gasteiger partial charge on any atom is 0.261 e. The lowest BCUT2D eigenvalue weighted by molar-refractivity contribution is -0.143. The first-order valence-electron chi connectivity index (χ1n) is 11.1. The van der Waals surface area contributed by atoms with E-state index in [2.05, 4.69) is 19.2 Å². The zero-order chi connectivity index (χ0) is 23.0. The molecule has 0 bridgehead atoms. The number of carbonyl (C=O) groups excluding carboxylic acids is 2. The van der Waals surface area contributed by atoms with Crippen molar-refractivity contribution < 1.29 is 14.3 Å². The summed E-state index contributed by atoms with van der Waals surface area (Å²) < 4.78 is 5.77. The SMILES string of the molecule is CC[C@H](C(=O)NC(C)C)N(Cc1ccc(C)cc1)C(=O)COc1ccc(C(C)C)cc1.